The molecule has 0 aliphatic carbocycles. The predicted molar refractivity (Wildman–Crippen MR) is 178 cm³/mol. The number of furan rings is 1. The van der Waals surface area contributed by atoms with E-state index in [9.17, 15) is 0 Å². The van der Waals surface area contributed by atoms with Crippen LogP contribution in [0.4, 0.5) is 17.2 Å². The molecule has 0 amide bonds. The van der Waals surface area contributed by atoms with Gasteiger partial charge in [-0.05, 0) is 83.6 Å². The number of aromatic nitrogens is 2. The molecule has 0 spiro atoms. The molecule has 0 aliphatic rings. The highest BCUT2D eigenvalue weighted by atomic mass is 16.3. The lowest BCUT2D eigenvalue weighted by molar-refractivity contribution is 0.668. The van der Waals surface area contributed by atoms with E-state index in [-0.39, 0.29) is 0 Å². The largest absolute Gasteiger partial charge is 0.454 e. The minimum absolute atomic E-state index is 0.782. The van der Waals surface area contributed by atoms with Crippen molar-refractivity contribution in [2.75, 3.05) is 4.90 Å². The Morgan fingerprint density at radius 2 is 1.21 bits per heavy atom. The van der Waals surface area contributed by atoms with Gasteiger partial charge in [-0.25, -0.2) is 4.98 Å². The molecule has 0 radical (unpaired) electrons. The Morgan fingerprint density at radius 1 is 0.488 bits per heavy atom. The van der Waals surface area contributed by atoms with Crippen LogP contribution >= 0.6 is 0 Å². The van der Waals surface area contributed by atoms with E-state index in [4.69, 9.17) is 9.40 Å². The van der Waals surface area contributed by atoms with Crippen molar-refractivity contribution < 1.29 is 4.42 Å². The Labute approximate surface area is 247 Å². The first-order chi connectivity index (χ1) is 21.3. The molecule has 6 aromatic carbocycles. The molecule has 3 aromatic heterocycles. The molecule has 202 valence electrons. The van der Waals surface area contributed by atoms with Crippen LogP contribution in [-0.2, 0) is 0 Å². The maximum atomic E-state index is 6.09. The second-order valence-electron chi connectivity index (χ2n) is 10.9. The average molecular weight is 552 g/mol. The second kappa shape index (κ2) is 9.33. The molecule has 0 fully saturated rings. The van der Waals surface area contributed by atoms with E-state index in [0.717, 1.165) is 44.9 Å². The lowest BCUT2D eigenvalue weighted by Gasteiger charge is -2.25. The van der Waals surface area contributed by atoms with Crippen LogP contribution in [-0.4, -0.2) is 9.55 Å². The van der Waals surface area contributed by atoms with E-state index >= 15 is 0 Å². The summed E-state index contributed by atoms with van der Waals surface area (Å²) in [5.41, 5.74) is 8.00. The summed E-state index contributed by atoms with van der Waals surface area (Å²) in [5, 5.41) is 5.98. The summed E-state index contributed by atoms with van der Waals surface area (Å²) in [7, 11) is 0. The van der Waals surface area contributed by atoms with E-state index in [1.165, 1.54) is 32.6 Å². The van der Waals surface area contributed by atoms with Crippen molar-refractivity contribution in [3.8, 4) is 5.69 Å². The summed E-state index contributed by atoms with van der Waals surface area (Å²) < 4.78 is 8.47. The van der Waals surface area contributed by atoms with Crippen molar-refractivity contribution in [1.82, 2.24) is 9.55 Å². The van der Waals surface area contributed by atoms with Crippen LogP contribution in [0.25, 0.3) is 60.3 Å². The number of anilines is 3. The van der Waals surface area contributed by atoms with E-state index in [1.807, 2.05) is 36.4 Å². The van der Waals surface area contributed by atoms with Gasteiger partial charge in [0.25, 0.3) is 0 Å². The molecule has 43 heavy (non-hydrogen) atoms. The molecule has 4 nitrogen and oxygen atoms in total. The highest BCUT2D eigenvalue weighted by Crippen LogP contribution is 2.39. The van der Waals surface area contributed by atoms with E-state index in [2.05, 4.69) is 125 Å². The molecule has 3 heterocycles. The third kappa shape index (κ3) is 3.74. The zero-order valence-electron chi connectivity index (χ0n) is 23.2. The Bertz CT molecular complexity index is 2470. The first-order valence-electron chi connectivity index (χ1n) is 14.5. The summed E-state index contributed by atoms with van der Waals surface area (Å²) in [5.74, 6) is 0.829. The van der Waals surface area contributed by atoms with Crippen LogP contribution in [0.5, 0.6) is 0 Å². The second-order valence-corrected chi connectivity index (χ2v) is 10.9. The van der Waals surface area contributed by atoms with Gasteiger partial charge in [0, 0.05) is 33.2 Å². The van der Waals surface area contributed by atoms with Gasteiger partial charge in [0.1, 0.15) is 16.9 Å². The summed E-state index contributed by atoms with van der Waals surface area (Å²) >= 11 is 0. The third-order valence-electron chi connectivity index (χ3n) is 8.34. The smallest absolute Gasteiger partial charge is 0.154 e. The monoisotopic (exact) mass is 551 g/mol. The maximum absolute atomic E-state index is 6.09. The molecule has 4 heteroatoms. The lowest BCUT2D eigenvalue weighted by atomic mass is 10.1. The highest BCUT2D eigenvalue weighted by Gasteiger charge is 2.19. The Morgan fingerprint density at radius 3 is 2.09 bits per heavy atom. The average Bonchev–Trinajstić information content (AvgIpc) is 3.59. The molecule has 0 unspecified atom stereocenters. The number of hydrogen-bond acceptors (Lipinski definition) is 3. The SMILES string of the molecule is c1ccc(N(c2cccc(-n3c4ccccc4c4cc5ccccc5cc43)c2)c2ccc3oc4ccccc4c3n2)cc1. The molecule has 0 N–H and O–H groups in total. The van der Waals surface area contributed by atoms with Gasteiger partial charge in [0.2, 0.25) is 0 Å². The predicted octanol–water partition coefficient (Wildman–Crippen LogP) is 10.7. The molecule has 0 saturated heterocycles. The molecule has 0 aliphatic heterocycles. The van der Waals surface area contributed by atoms with Gasteiger partial charge in [0.05, 0.1) is 11.0 Å². The summed E-state index contributed by atoms with van der Waals surface area (Å²) in [6, 6.07) is 53.2. The third-order valence-corrected chi connectivity index (χ3v) is 8.34. The van der Waals surface area contributed by atoms with Crippen LogP contribution in [0.15, 0.2) is 156 Å². The van der Waals surface area contributed by atoms with Crippen molar-refractivity contribution in [3.63, 3.8) is 0 Å². The first kappa shape index (κ1) is 23.8. The van der Waals surface area contributed by atoms with Crippen molar-refractivity contribution in [2.24, 2.45) is 0 Å². The van der Waals surface area contributed by atoms with Gasteiger partial charge in [0.15, 0.2) is 5.58 Å². The first-order valence-corrected chi connectivity index (χ1v) is 14.5. The molecule has 0 saturated carbocycles. The molecule has 9 aromatic rings. The Kier molecular flexibility index (Phi) is 5.16. The van der Waals surface area contributed by atoms with Crippen LogP contribution in [0, 0.1) is 0 Å². The quantitative estimate of drug-likeness (QED) is 0.218. The minimum Gasteiger partial charge on any atom is -0.454 e. The van der Waals surface area contributed by atoms with Crippen LogP contribution in [0.1, 0.15) is 0 Å². The zero-order valence-corrected chi connectivity index (χ0v) is 23.2. The van der Waals surface area contributed by atoms with Gasteiger partial charge in [-0.15, -0.1) is 0 Å². The zero-order chi connectivity index (χ0) is 28.3. The van der Waals surface area contributed by atoms with Crippen molar-refractivity contribution in [3.05, 3.63) is 152 Å². The van der Waals surface area contributed by atoms with Crippen LogP contribution in [0.2, 0.25) is 0 Å². The van der Waals surface area contributed by atoms with Gasteiger partial charge in [-0.1, -0.05) is 78.9 Å². The Balaban J connectivity index is 1.28. The molecule has 0 bridgehead atoms. The summed E-state index contributed by atoms with van der Waals surface area (Å²) in [4.78, 5) is 7.38. The number of rotatable bonds is 4. The Hall–Kier alpha value is -5.87. The van der Waals surface area contributed by atoms with E-state index in [1.54, 1.807) is 0 Å². The van der Waals surface area contributed by atoms with Crippen molar-refractivity contribution >= 4 is 71.8 Å². The summed E-state index contributed by atoms with van der Waals surface area (Å²) in [6.45, 7) is 0. The topological polar surface area (TPSA) is 34.2 Å². The van der Waals surface area contributed by atoms with Crippen molar-refractivity contribution in [2.45, 2.75) is 0 Å². The number of para-hydroxylation sites is 3. The van der Waals surface area contributed by atoms with Crippen LogP contribution in [0.3, 0.4) is 0 Å². The molecule has 0 atom stereocenters. The van der Waals surface area contributed by atoms with Gasteiger partial charge >= 0.3 is 0 Å². The van der Waals surface area contributed by atoms with E-state index in [0.29, 0.717) is 0 Å². The lowest BCUT2D eigenvalue weighted by Crippen LogP contribution is -2.12. The molecular weight excluding hydrogens is 526 g/mol. The fourth-order valence-corrected chi connectivity index (χ4v) is 6.40. The van der Waals surface area contributed by atoms with Gasteiger partial charge < -0.3 is 8.98 Å². The fourth-order valence-electron chi connectivity index (χ4n) is 6.40. The fraction of sp³-hybridized carbons (Fsp3) is 0. The highest BCUT2D eigenvalue weighted by molar-refractivity contribution is 6.13. The molecular formula is C39H25N3O. The minimum atomic E-state index is 0.782. The summed E-state index contributed by atoms with van der Waals surface area (Å²) in [6.07, 6.45) is 0. The van der Waals surface area contributed by atoms with Crippen molar-refractivity contribution in [1.29, 1.82) is 0 Å². The number of benzene rings is 6. The number of hydrogen-bond donors (Lipinski definition) is 0. The van der Waals surface area contributed by atoms with Crippen LogP contribution < -0.4 is 4.90 Å². The van der Waals surface area contributed by atoms with Gasteiger partial charge in [-0.3, -0.25) is 4.90 Å². The van der Waals surface area contributed by atoms with E-state index < -0.39 is 0 Å². The molecule has 9 rings (SSSR count). The standard InChI is InChI=1S/C39H25N3O/c1-2-13-28(14-3-1)41(38-22-21-37-39(40-38)32-18-7-9-20-36(32)43-37)29-15-10-16-30(25-29)42-34-19-8-6-17-31(34)33-23-26-11-4-5-12-27(26)24-35(33)42/h1-25H. The maximum Gasteiger partial charge on any atom is 0.154 e. The normalized spacial score (nSPS) is 11.7. The number of nitrogens with zero attached hydrogens (tertiary/aromatic N) is 3. The van der Waals surface area contributed by atoms with Gasteiger partial charge in [-0.2, -0.15) is 0 Å². The number of fused-ring (bicyclic) bond motifs is 7. The number of pyridine rings is 1.